The average Bonchev–Trinajstić information content (AvgIpc) is 2.68. The first-order valence-corrected chi connectivity index (χ1v) is 7.89. The fraction of sp³-hybridized carbons (Fsp3) is 0.250. The minimum absolute atomic E-state index is 0.0872. The number of ether oxygens (including phenoxy) is 3. The van der Waals surface area contributed by atoms with Gasteiger partial charge in [-0.05, 0) is 35.4 Å². The smallest absolute Gasteiger partial charge is 0.338 e. The number of alkyl halides is 1. The molecular formula is C20H21FO4. The van der Waals surface area contributed by atoms with Crippen LogP contribution in [-0.2, 0) is 16.1 Å². The molecule has 0 heterocycles. The van der Waals surface area contributed by atoms with Gasteiger partial charge in [-0.3, -0.25) is 0 Å². The summed E-state index contributed by atoms with van der Waals surface area (Å²) in [5.41, 5.74) is 1.81. The summed E-state index contributed by atoms with van der Waals surface area (Å²) in [6.07, 6.45) is 1.60. The highest BCUT2D eigenvalue weighted by Crippen LogP contribution is 2.12. The molecule has 0 unspecified atom stereocenters. The summed E-state index contributed by atoms with van der Waals surface area (Å²) in [4.78, 5) is 11.8. The first kappa shape index (κ1) is 18.7. The Balaban J connectivity index is 1.74. The fourth-order valence-electron chi connectivity index (χ4n) is 2.04. The van der Waals surface area contributed by atoms with E-state index >= 15 is 0 Å². The van der Waals surface area contributed by atoms with Crippen LogP contribution in [0.25, 0.3) is 0 Å². The molecule has 2 aromatic carbocycles. The van der Waals surface area contributed by atoms with Gasteiger partial charge in [0.25, 0.3) is 0 Å². The summed E-state index contributed by atoms with van der Waals surface area (Å²) in [6.45, 7) is -0.123. The Morgan fingerprint density at radius 1 is 1.08 bits per heavy atom. The van der Waals surface area contributed by atoms with E-state index < -0.39 is 12.6 Å². The number of methoxy groups -OCH3 is 1. The quantitative estimate of drug-likeness (QED) is 0.392. The Bertz CT molecular complexity index is 681. The second kappa shape index (κ2) is 10.3. The highest BCUT2D eigenvalue weighted by atomic mass is 19.1. The van der Waals surface area contributed by atoms with Crippen molar-refractivity contribution in [3.63, 3.8) is 0 Å². The first-order valence-electron chi connectivity index (χ1n) is 7.89. The predicted molar refractivity (Wildman–Crippen MR) is 93.4 cm³/mol. The van der Waals surface area contributed by atoms with Gasteiger partial charge in [0, 0.05) is 0 Å². The number of benzene rings is 2. The van der Waals surface area contributed by atoms with Crippen molar-refractivity contribution >= 4 is 5.97 Å². The number of hydrogen-bond acceptors (Lipinski definition) is 4. The van der Waals surface area contributed by atoms with Crippen LogP contribution in [0.3, 0.4) is 0 Å². The van der Waals surface area contributed by atoms with Crippen molar-refractivity contribution in [3.8, 4) is 5.75 Å². The average molecular weight is 344 g/mol. The van der Waals surface area contributed by atoms with Crippen molar-refractivity contribution in [2.75, 3.05) is 27.0 Å². The number of hydrogen-bond donors (Lipinski definition) is 0. The van der Waals surface area contributed by atoms with Crippen molar-refractivity contribution in [3.05, 3.63) is 77.4 Å². The number of carbonyl (C=O) groups excluding carboxylic acids is 1. The molecule has 0 bridgehead atoms. The molecule has 0 aliphatic carbocycles. The number of esters is 1. The molecule has 0 amide bonds. The molecule has 0 radical (unpaired) electrons. The van der Waals surface area contributed by atoms with Gasteiger partial charge in [0.2, 0.25) is 0 Å². The zero-order valence-corrected chi connectivity index (χ0v) is 14.1. The van der Waals surface area contributed by atoms with Gasteiger partial charge < -0.3 is 14.2 Å². The van der Waals surface area contributed by atoms with E-state index in [2.05, 4.69) is 0 Å². The zero-order valence-electron chi connectivity index (χ0n) is 14.1. The molecule has 0 saturated heterocycles. The van der Waals surface area contributed by atoms with Gasteiger partial charge >= 0.3 is 5.97 Å². The molecule has 0 aliphatic heterocycles. The highest BCUT2D eigenvalue weighted by Gasteiger charge is 2.07. The maximum atomic E-state index is 13.0. The van der Waals surface area contributed by atoms with Crippen LogP contribution in [-0.4, -0.2) is 33.0 Å². The van der Waals surface area contributed by atoms with Crippen molar-refractivity contribution in [2.24, 2.45) is 0 Å². The van der Waals surface area contributed by atoms with Crippen LogP contribution < -0.4 is 4.74 Å². The highest BCUT2D eigenvalue weighted by molar-refractivity contribution is 5.89. The topological polar surface area (TPSA) is 44.8 Å². The molecule has 5 heteroatoms. The fourth-order valence-corrected chi connectivity index (χ4v) is 2.04. The number of rotatable bonds is 9. The van der Waals surface area contributed by atoms with E-state index in [0.717, 1.165) is 11.3 Å². The van der Waals surface area contributed by atoms with Gasteiger partial charge in [-0.2, -0.15) is 0 Å². The van der Waals surface area contributed by atoms with Crippen LogP contribution in [0.5, 0.6) is 5.75 Å². The van der Waals surface area contributed by atoms with E-state index in [1.165, 1.54) is 0 Å². The monoisotopic (exact) mass is 344 g/mol. The molecule has 2 rings (SSSR count). The van der Waals surface area contributed by atoms with E-state index in [4.69, 9.17) is 14.2 Å². The van der Waals surface area contributed by atoms with E-state index in [-0.39, 0.29) is 13.2 Å². The van der Waals surface area contributed by atoms with Gasteiger partial charge in [-0.15, -0.1) is 0 Å². The van der Waals surface area contributed by atoms with Gasteiger partial charge in [0.15, 0.2) is 0 Å². The number of halogens is 1. The maximum absolute atomic E-state index is 13.0. The van der Waals surface area contributed by atoms with E-state index in [9.17, 15) is 9.18 Å². The van der Waals surface area contributed by atoms with Crippen LogP contribution in [0, 0.1) is 0 Å². The lowest BCUT2D eigenvalue weighted by atomic mass is 10.2. The molecule has 0 aromatic heterocycles. The summed E-state index contributed by atoms with van der Waals surface area (Å²) < 4.78 is 28.7. The molecule has 0 spiro atoms. The van der Waals surface area contributed by atoms with Gasteiger partial charge in [-0.1, -0.05) is 36.4 Å². The molecule has 132 valence electrons. The van der Waals surface area contributed by atoms with Crippen molar-refractivity contribution < 1.29 is 23.4 Å². The van der Waals surface area contributed by atoms with Crippen molar-refractivity contribution in [1.82, 2.24) is 0 Å². The third-order valence-electron chi connectivity index (χ3n) is 3.49. The second-order valence-electron chi connectivity index (χ2n) is 5.30. The summed E-state index contributed by atoms with van der Waals surface area (Å²) in [7, 11) is 1.61. The number of carbonyl (C=O) groups is 1. The lowest BCUT2D eigenvalue weighted by Crippen LogP contribution is -2.09. The Morgan fingerprint density at radius 2 is 1.80 bits per heavy atom. The second-order valence-corrected chi connectivity index (χ2v) is 5.30. The Kier molecular flexibility index (Phi) is 7.66. The molecule has 2 aromatic rings. The third kappa shape index (κ3) is 6.39. The predicted octanol–water partition coefficient (Wildman–Crippen LogP) is 3.96. The van der Waals surface area contributed by atoms with Crippen LogP contribution >= 0.6 is 0 Å². The van der Waals surface area contributed by atoms with Crippen LogP contribution in [0.1, 0.15) is 15.9 Å². The van der Waals surface area contributed by atoms with E-state index in [1.807, 2.05) is 30.3 Å². The molecule has 0 aliphatic rings. The minimum Gasteiger partial charge on any atom is -0.497 e. The lowest BCUT2D eigenvalue weighted by Gasteiger charge is -2.07. The van der Waals surface area contributed by atoms with Crippen molar-refractivity contribution in [1.29, 1.82) is 0 Å². The molecule has 25 heavy (non-hydrogen) atoms. The first-order chi connectivity index (χ1) is 12.2. The van der Waals surface area contributed by atoms with Gasteiger partial charge in [-0.25, -0.2) is 9.18 Å². The summed E-state index contributed by atoms with van der Waals surface area (Å²) in [5.74, 6) is 0.308. The molecule has 4 nitrogen and oxygen atoms in total. The van der Waals surface area contributed by atoms with Crippen LogP contribution in [0.2, 0.25) is 0 Å². The van der Waals surface area contributed by atoms with Crippen LogP contribution in [0.15, 0.2) is 66.2 Å². The Hall–Kier alpha value is -2.66. The van der Waals surface area contributed by atoms with Crippen molar-refractivity contribution in [2.45, 2.75) is 6.61 Å². The van der Waals surface area contributed by atoms with E-state index in [0.29, 0.717) is 17.7 Å². The molecule has 0 N–H and O–H groups in total. The summed E-state index contributed by atoms with van der Waals surface area (Å²) in [5, 5.41) is 0. The summed E-state index contributed by atoms with van der Waals surface area (Å²) in [6, 6.07) is 16.1. The normalized spacial score (nSPS) is 11.2. The van der Waals surface area contributed by atoms with Crippen LogP contribution in [0.4, 0.5) is 4.39 Å². The SMILES string of the molecule is COc1ccc(COC/C=C(\CF)COC(=O)c2ccccc2)cc1. The summed E-state index contributed by atoms with van der Waals surface area (Å²) >= 11 is 0. The lowest BCUT2D eigenvalue weighted by molar-refractivity contribution is 0.0534. The van der Waals surface area contributed by atoms with E-state index in [1.54, 1.807) is 37.5 Å². The molecule has 0 saturated carbocycles. The Morgan fingerprint density at radius 3 is 2.44 bits per heavy atom. The third-order valence-corrected chi connectivity index (χ3v) is 3.49. The zero-order chi connectivity index (χ0) is 17.9. The minimum atomic E-state index is -0.687. The largest absolute Gasteiger partial charge is 0.497 e. The standard InChI is InChI=1S/C20H21FO4/c1-23-19-9-7-16(8-10-19)14-24-12-11-17(13-21)15-25-20(22)18-5-3-2-4-6-18/h2-11H,12-15H2,1H3/b17-11+. The maximum Gasteiger partial charge on any atom is 0.338 e. The Labute approximate surface area is 146 Å². The molecule has 0 fully saturated rings. The van der Waals surface area contributed by atoms with Gasteiger partial charge in [0.05, 0.1) is 25.9 Å². The van der Waals surface area contributed by atoms with Gasteiger partial charge in [0.1, 0.15) is 19.0 Å². The molecular weight excluding hydrogens is 323 g/mol. The molecule has 0 atom stereocenters.